The van der Waals surface area contributed by atoms with E-state index in [9.17, 15) is 23.4 Å². The smallest absolute Gasteiger partial charge is 0.335 e. The highest BCUT2D eigenvalue weighted by Gasteiger charge is 2.37. The number of anilines is 1. The van der Waals surface area contributed by atoms with Gasteiger partial charge in [0.2, 0.25) is 5.78 Å². The van der Waals surface area contributed by atoms with Crippen LogP contribution in [0.15, 0.2) is 42.9 Å². The lowest BCUT2D eigenvalue weighted by atomic mass is 10.0. The van der Waals surface area contributed by atoms with Crippen molar-refractivity contribution in [1.82, 2.24) is 14.7 Å². The van der Waals surface area contributed by atoms with Gasteiger partial charge in [-0.2, -0.15) is 13.1 Å². The van der Waals surface area contributed by atoms with Crippen LogP contribution in [0.2, 0.25) is 5.02 Å². The molecule has 1 fully saturated rings. The van der Waals surface area contributed by atoms with E-state index in [-0.39, 0.29) is 36.6 Å². The molecule has 38 heavy (non-hydrogen) atoms. The molecular formula is C24H27ClN4O7S2. The van der Waals surface area contributed by atoms with E-state index in [4.69, 9.17) is 20.5 Å². The number of thiophene rings is 1. The third-order valence-electron chi connectivity index (χ3n) is 6.07. The summed E-state index contributed by atoms with van der Waals surface area (Å²) in [6.45, 7) is 0.193. The van der Waals surface area contributed by atoms with Crippen molar-refractivity contribution in [2.75, 3.05) is 19.5 Å². The van der Waals surface area contributed by atoms with E-state index >= 15 is 0 Å². The number of ketones is 1. The molecule has 0 radical (unpaired) electrons. The second-order valence-corrected chi connectivity index (χ2v) is 11.7. The van der Waals surface area contributed by atoms with Crippen molar-refractivity contribution in [3.05, 3.63) is 74.3 Å². The highest BCUT2D eigenvalue weighted by Crippen LogP contribution is 2.35. The van der Waals surface area contributed by atoms with E-state index in [1.165, 1.54) is 38.0 Å². The standard InChI is InChI=1S/C24H27ClN4O7S2/c1-26-38(33,34)36-19-8-15(7-18(19)30)29-24-17(10-27-12-28-24)23(32)20-9-16(21(37-20)11-35-2)22(31)13-4-3-5-14(25)6-13/h3-6,9-10,12,15,18-19,22,26,30-31H,7-8,11H2,1-2H3,(H,27,28,29)/t15-,18+,19-,22+/m1/s1. The number of hydrogen-bond donors (Lipinski definition) is 4. The van der Waals surface area contributed by atoms with Gasteiger partial charge in [0.25, 0.3) is 0 Å². The Bertz CT molecular complexity index is 1400. The summed E-state index contributed by atoms with van der Waals surface area (Å²) in [6, 6.07) is 8.06. The zero-order chi connectivity index (χ0) is 27.4. The number of nitrogens with one attached hydrogen (secondary N) is 2. The summed E-state index contributed by atoms with van der Waals surface area (Å²) in [5.74, 6) is -0.137. The van der Waals surface area contributed by atoms with E-state index < -0.39 is 34.7 Å². The van der Waals surface area contributed by atoms with Crippen molar-refractivity contribution in [1.29, 1.82) is 0 Å². The molecule has 4 rings (SSSR count). The van der Waals surface area contributed by atoms with Crippen molar-refractivity contribution in [2.45, 2.75) is 43.8 Å². The highest BCUT2D eigenvalue weighted by molar-refractivity contribution is 7.84. The van der Waals surface area contributed by atoms with Crippen LogP contribution in [-0.2, 0) is 25.8 Å². The number of nitrogens with zero attached hydrogens (tertiary/aromatic N) is 2. The van der Waals surface area contributed by atoms with Crippen LogP contribution >= 0.6 is 22.9 Å². The molecule has 0 spiro atoms. The van der Waals surface area contributed by atoms with E-state index in [0.29, 0.717) is 25.9 Å². The maximum absolute atomic E-state index is 13.6. The van der Waals surface area contributed by atoms with Gasteiger partial charge in [0.05, 0.1) is 23.2 Å². The number of halogens is 1. The number of carbonyl (C=O) groups is 1. The zero-order valence-electron chi connectivity index (χ0n) is 20.5. The van der Waals surface area contributed by atoms with Crippen LogP contribution in [0.25, 0.3) is 0 Å². The summed E-state index contributed by atoms with van der Waals surface area (Å²) in [6.07, 6.45) is 0.0265. The fourth-order valence-corrected chi connectivity index (χ4v) is 6.18. The number of aromatic nitrogens is 2. The normalized spacial score (nSPS) is 20.4. The van der Waals surface area contributed by atoms with E-state index in [1.807, 2.05) is 0 Å². The molecule has 1 aliphatic rings. The molecule has 14 heteroatoms. The van der Waals surface area contributed by atoms with Gasteiger partial charge in [-0.1, -0.05) is 23.7 Å². The lowest BCUT2D eigenvalue weighted by Crippen LogP contribution is -2.31. The average molecular weight is 583 g/mol. The molecule has 2 heterocycles. The number of ether oxygens (including phenoxy) is 1. The van der Waals surface area contributed by atoms with Crippen LogP contribution in [0, 0.1) is 0 Å². The number of hydrogen-bond acceptors (Lipinski definition) is 11. The molecule has 204 valence electrons. The second kappa shape index (κ2) is 12.1. The first kappa shape index (κ1) is 28.5. The maximum Gasteiger partial charge on any atom is 0.335 e. The van der Waals surface area contributed by atoms with Gasteiger partial charge in [-0.25, -0.2) is 9.97 Å². The fourth-order valence-electron chi connectivity index (χ4n) is 4.23. The van der Waals surface area contributed by atoms with Gasteiger partial charge in [0.1, 0.15) is 24.4 Å². The number of benzene rings is 1. The molecule has 4 atom stereocenters. The summed E-state index contributed by atoms with van der Waals surface area (Å²) < 4.78 is 35.8. The Morgan fingerprint density at radius 1 is 1.32 bits per heavy atom. The molecule has 11 nitrogen and oxygen atoms in total. The second-order valence-electron chi connectivity index (χ2n) is 8.67. The predicted octanol–water partition coefficient (Wildman–Crippen LogP) is 2.44. The lowest BCUT2D eigenvalue weighted by Gasteiger charge is -2.15. The van der Waals surface area contributed by atoms with Crippen molar-refractivity contribution in [3.8, 4) is 0 Å². The SMILES string of the molecule is CNS(=O)(=O)O[C@@H]1C[C@H](Nc2ncncc2C(=O)c2cc([C@@H](O)c3cccc(Cl)c3)c(COC)s2)C[C@@H]1O. The number of methoxy groups -OCH3 is 1. The van der Waals surface area contributed by atoms with E-state index in [0.717, 1.165) is 0 Å². The lowest BCUT2D eigenvalue weighted by molar-refractivity contribution is 0.0636. The number of aliphatic hydroxyl groups is 2. The number of rotatable bonds is 11. The van der Waals surface area contributed by atoms with E-state index in [2.05, 4.69) is 20.0 Å². The zero-order valence-corrected chi connectivity index (χ0v) is 22.9. The highest BCUT2D eigenvalue weighted by atomic mass is 35.5. The van der Waals surface area contributed by atoms with Gasteiger partial charge in [-0.15, -0.1) is 11.3 Å². The first-order valence-corrected chi connectivity index (χ1v) is 14.2. The number of aliphatic hydroxyl groups excluding tert-OH is 2. The Morgan fingerprint density at radius 2 is 2.11 bits per heavy atom. The van der Waals surface area contributed by atoms with Crippen molar-refractivity contribution >= 4 is 44.8 Å². The molecule has 0 saturated heterocycles. The summed E-state index contributed by atoms with van der Waals surface area (Å²) in [5, 5.41) is 24.9. The van der Waals surface area contributed by atoms with Gasteiger partial charge in [-0.05, 0) is 36.6 Å². The fraction of sp³-hybridized carbons (Fsp3) is 0.375. The molecule has 0 bridgehead atoms. The summed E-state index contributed by atoms with van der Waals surface area (Å²) >= 11 is 7.28. The average Bonchev–Trinajstić information content (AvgIpc) is 3.46. The Kier molecular flexibility index (Phi) is 9.11. The Labute approximate surface area is 229 Å². The van der Waals surface area contributed by atoms with Crippen LogP contribution in [0.3, 0.4) is 0 Å². The minimum absolute atomic E-state index is 0.173. The van der Waals surface area contributed by atoms with Gasteiger partial charge in [-0.3, -0.25) is 8.98 Å². The van der Waals surface area contributed by atoms with Crippen LogP contribution in [-0.4, -0.2) is 66.8 Å². The monoisotopic (exact) mass is 582 g/mol. The molecule has 0 aliphatic heterocycles. The van der Waals surface area contributed by atoms with Crippen LogP contribution in [0.4, 0.5) is 5.82 Å². The first-order valence-electron chi connectivity index (χ1n) is 11.6. The van der Waals surface area contributed by atoms with Gasteiger partial charge < -0.3 is 20.3 Å². The first-order chi connectivity index (χ1) is 18.1. The Morgan fingerprint density at radius 3 is 2.82 bits per heavy atom. The topological polar surface area (TPSA) is 160 Å². The van der Waals surface area contributed by atoms with Crippen LogP contribution in [0.1, 0.15) is 50.2 Å². The largest absolute Gasteiger partial charge is 0.390 e. The predicted molar refractivity (Wildman–Crippen MR) is 142 cm³/mol. The Hall–Kier alpha value is -2.49. The van der Waals surface area contributed by atoms with Crippen molar-refractivity contribution in [2.24, 2.45) is 0 Å². The van der Waals surface area contributed by atoms with Gasteiger partial charge >= 0.3 is 10.3 Å². The van der Waals surface area contributed by atoms with Crippen molar-refractivity contribution in [3.63, 3.8) is 0 Å². The quantitative estimate of drug-likeness (QED) is 0.247. The minimum Gasteiger partial charge on any atom is -0.390 e. The van der Waals surface area contributed by atoms with Gasteiger partial charge in [0, 0.05) is 41.9 Å². The minimum atomic E-state index is -3.98. The molecule has 0 amide bonds. The Balaban J connectivity index is 1.57. The molecular weight excluding hydrogens is 556 g/mol. The molecule has 4 N–H and O–H groups in total. The third-order valence-corrected chi connectivity index (χ3v) is 8.43. The van der Waals surface area contributed by atoms with Crippen LogP contribution in [0.5, 0.6) is 0 Å². The third kappa shape index (κ3) is 6.55. The van der Waals surface area contributed by atoms with Crippen LogP contribution < -0.4 is 10.0 Å². The van der Waals surface area contributed by atoms with Gasteiger partial charge in [0.15, 0.2) is 0 Å². The summed E-state index contributed by atoms with van der Waals surface area (Å²) in [4.78, 5) is 22.8. The maximum atomic E-state index is 13.6. The molecule has 1 aromatic carbocycles. The van der Waals surface area contributed by atoms with E-state index in [1.54, 1.807) is 30.3 Å². The number of carbonyl (C=O) groups excluding carboxylic acids is 1. The molecule has 1 saturated carbocycles. The molecule has 0 unspecified atom stereocenters. The molecule has 2 aromatic heterocycles. The molecule has 3 aromatic rings. The summed E-state index contributed by atoms with van der Waals surface area (Å²) in [5.41, 5.74) is 1.29. The molecule has 1 aliphatic carbocycles. The van der Waals surface area contributed by atoms with Crippen molar-refractivity contribution < 1.29 is 32.3 Å². The summed E-state index contributed by atoms with van der Waals surface area (Å²) in [7, 11) is -1.24.